The Morgan fingerprint density at radius 1 is 1.38 bits per heavy atom. The molecule has 1 fully saturated rings. The number of nitrogens with two attached hydrogens (primary N) is 1. The number of amides is 1. The summed E-state index contributed by atoms with van der Waals surface area (Å²) in [4.78, 5) is 13.9. The van der Waals surface area contributed by atoms with Gasteiger partial charge in [0.05, 0.1) is 0 Å². The van der Waals surface area contributed by atoms with E-state index in [0.717, 1.165) is 38.1 Å². The molecule has 3 nitrogen and oxygen atoms in total. The van der Waals surface area contributed by atoms with Gasteiger partial charge in [0.1, 0.15) is 0 Å². The zero-order chi connectivity index (χ0) is 12.0. The van der Waals surface area contributed by atoms with Crippen molar-refractivity contribution in [3.63, 3.8) is 0 Å². The highest BCUT2D eigenvalue weighted by atomic mass is 32.2. The lowest BCUT2D eigenvalue weighted by Gasteiger charge is -2.22. The summed E-state index contributed by atoms with van der Waals surface area (Å²) in [6.45, 7) is 7.05. The van der Waals surface area contributed by atoms with Crippen LogP contribution < -0.4 is 5.73 Å². The highest BCUT2D eigenvalue weighted by Gasteiger charge is 2.25. The van der Waals surface area contributed by atoms with Gasteiger partial charge in [-0.15, -0.1) is 0 Å². The topological polar surface area (TPSA) is 46.3 Å². The van der Waals surface area contributed by atoms with Crippen LogP contribution in [-0.4, -0.2) is 40.9 Å². The fraction of sp³-hybridized carbons (Fsp3) is 0.917. The van der Waals surface area contributed by atoms with Crippen molar-refractivity contribution in [1.82, 2.24) is 4.90 Å². The van der Waals surface area contributed by atoms with Crippen molar-refractivity contribution in [1.29, 1.82) is 0 Å². The van der Waals surface area contributed by atoms with E-state index in [2.05, 4.69) is 13.8 Å². The van der Waals surface area contributed by atoms with Gasteiger partial charge in [-0.1, -0.05) is 13.8 Å². The van der Waals surface area contributed by atoms with Gasteiger partial charge < -0.3 is 10.6 Å². The Balaban J connectivity index is 2.33. The maximum Gasteiger partial charge on any atom is 0.222 e. The Hall–Kier alpha value is -0.220. The summed E-state index contributed by atoms with van der Waals surface area (Å²) in [5.74, 6) is 1.38. The van der Waals surface area contributed by atoms with Crippen molar-refractivity contribution >= 4 is 17.7 Å². The first-order chi connectivity index (χ1) is 7.55. The van der Waals surface area contributed by atoms with Crippen LogP contribution in [-0.2, 0) is 4.79 Å². The van der Waals surface area contributed by atoms with E-state index in [1.165, 1.54) is 0 Å². The molecule has 1 amide bonds. The van der Waals surface area contributed by atoms with Crippen LogP contribution in [0.3, 0.4) is 0 Å². The predicted octanol–water partition coefficient (Wildman–Crippen LogP) is 1.86. The van der Waals surface area contributed by atoms with Crippen LogP contribution in [0, 0.1) is 0 Å². The van der Waals surface area contributed by atoms with Crippen molar-refractivity contribution in [2.24, 2.45) is 5.73 Å². The van der Waals surface area contributed by atoms with Crippen molar-refractivity contribution in [3.8, 4) is 0 Å². The van der Waals surface area contributed by atoms with E-state index in [0.29, 0.717) is 23.6 Å². The Kier molecular flexibility index (Phi) is 5.62. The molecule has 0 bridgehead atoms. The van der Waals surface area contributed by atoms with E-state index in [1.807, 2.05) is 16.7 Å². The lowest BCUT2D eigenvalue weighted by molar-refractivity contribution is -0.131. The molecule has 0 atom stereocenters. The van der Waals surface area contributed by atoms with E-state index in [1.54, 1.807) is 0 Å². The predicted molar refractivity (Wildman–Crippen MR) is 70.6 cm³/mol. The van der Waals surface area contributed by atoms with Crippen LogP contribution in [0.1, 0.15) is 39.5 Å². The summed E-state index contributed by atoms with van der Waals surface area (Å²) in [6.07, 6.45) is 3.66. The summed E-state index contributed by atoms with van der Waals surface area (Å²) in [7, 11) is 0. The molecule has 2 N–H and O–H groups in total. The Bertz CT molecular complexity index is 231. The van der Waals surface area contributed by atoms with E-state index < -0.39 is 0 Å². The van der Waals surface area contributed by atoms with E-state index in [9.17, 15) is 4.79 Å². The minimum Gasteiger partial charge on any atom is -0.342 e. The van der Waals surface area contributed by atoms with E-state index in [-0.39, 0.29) is 0 Å². The molecule has 4 heteroatoms. The second kappa shape index (κ2) is 6.50. The fourth-order valence-electron chi connectivity index (χ4n) is 1.85. The van der Waals surface area contributed by atoms with Crippen LogP contribution >= 0.6 is 11.8 Å². The number of hydrogen-bond donors (Lipinski definition) is 1. The monoisotopic (exact) mass is 244 g/mol. The number of thioether (sulfide) groups is 1. The smallest absolute Gasteiger partial charge is 0.222 e. The maximum absolute atomic E-state index is 11.9. The molecule has 0 aliphatic carbocycles. The first kappa shape index (κ1) is 13.8. The van der Waals surface area contributed by atoms with Crippen molar-refractivity contribution < 1.29 is 4.79 Å². The molecule has 0 unspecified atom stereocenters. The van der Waals surface area contributed by atoms with Crippen LogP contribution in [0.15, 0.2) is 0 Å². The minimum absolute atomic E-state index is 0.312. The number of carbonyl (C=O) groups excluding carboxylic acids is 1. The quantitative estimate of drug-likeness (QED) is 0.768. The number of unbranched alkanes of at least 4 members (excludes halogenated alkanes) is 1. The van der Waals surface area contributed by atoms with Gasteiger partial charge in [0.2, 0.25) is 5.91 Å². The first-order valence-electron chi connectivity index (χ1n) is 6.17. The molecular weight excluding hydrogens is 220 g/mol. The lowest BCUT2D eigenvalue weighted by Crippen LogP contribution is -2.33. The van der Waals surface area contributed by atoms with Gasteiger partial charge in [-0.2, -0.15) is 11.8 Å². The van der Waals surface area contributed by atoms with Gasteiger partial charge in [-0.05, 0) is 25.8 Å². The summed E-state index contributed by atoms with van der Waals surface area (Å²) < 4.78 is 0.326. The van der Waals surface area contributed by atoms with E-state index >= 15 is 0 Å². The van der Waals surface area contributed by atoms with Gasteiger partial charge in [-0.25, -0.2) is 0 Å². The molecule has 94 valence electrons. The molecule has 0 aromatic rings. The average Bonchev–Trinajstić information content (AvgIpc) is 2.39. The van der Waals surface area contributed by atoms with Crippen LogP contribution in [0.2, 0.25) is 0 Å². The minimum atomic E-state index is 0.312. The van der Waals surface area contributed by atoms with Crippen LogP contribution in [0.4, 0.5) is 0 Å². The number of carbonyl (C=O) groups is 1. The zero-order valence-electron chi connectivity index (χ0n) is 10.5. The van der Waals surface area contributed by atoms with Gasteiger partial charge >= 0.3 is 0 Å². The van der Waals surface area contributed by atoms with Gasteiger partial charge in [-0.3, -0.25) is 4.79 Å². The molecule has 1 rings (SSSR count). The third-order valence-electron chi connectivity index (χ3n) is 3.04. The summed E-state index contributed by atoms with van der Waals surface area (Å²) in [5.41, 5.74) is 5.43. The molecule has 1 aliphatic rings. The number of rotatable bonds is 4. The molecule has 1 saturated heterocycles. The molecule has 0 aromatic carbocycles. The van der Waals surface area contributed by atoms with E-state index in [4.69, 9.17) is 5.73 Å². The molecule has 0 saturated carbocycles. The zero-order valence-corrected chi connectivity index (χ0v) is 11.3. The SMILES string of the molecule is CC1(C)CCN(C(=O)CCCCN)CCS1. The number of nitrogens with zero attached hydrogens (tertiary/aromatic N) is 1. The molecule has 16 heavy (non-hydrogen) atoms. The largest absolute Gasteiger partial charge is 0.342 e. The Morgan fingerprint density at radius 2 is 2.12 bits per heavy atom. The van der Waals surface area contributed by atoms with Gasteiger partial charge in [0.15, 0.2) is 0 Å². The van der Waals surface area contributed by atoms with Gasteiger partial charge in [0.25, 0.3) is 0 Å². The fourth-order valence-corrected chi connectivity index (χ4v) is 2.95. The van der Waals surface area contributed by atoms with Crippen LogP contribution in [0.5, 0.6) is 0 Å². The third-order valence-corrected chi connectivity index (χ3v) is 4.41. The number of hydrogen-bond acceptors (Lipinski definition) is 3. The normalized spacial score (nSPS) is 20.6. The second-order valence-electron chi connectivity index (χ2n) is 4.98. The molecule has 0 spiro atoms. The second-order valence-corrected chi connectivity index (χ2v) is 6.79. The van der Waals surface area contributed by atoms with Crippen molar-refractivity contribution in [2.75, 3.05) is 25.4 Å². The van der Waals surface area contributed by atoms with Crippen molar-refractivity contribution in [2.45, 2.75) is 44.3 Å². The van der Waals surface area contributed by atoms with Crippen molar-refractivity contribution in [3.05, 3.63) is 0 Å². The standard InChI is InChI=1S/C12H24N2OS/c1-12(2)6-8-14(9-10-16-12)11(15)5-3-4-7-13/h3-10,13H2,1-2H3. The van der Waals surface area contributed by atoms with Crippen LogP contribution in [0.25, 0.3) is 0 Å². The Morgan fingerprint density at radius 3 is 2.81 bits per heavy atom. The molecule has 1 aliphatic heterocycles. The average molecular weight is 244 g/mol. The maximum atomic E-state index is 11.9. The highest BCUT2D eigenvalue weighted by Crippen LogP contribution is 2.30. The first-order valence-corrected chi connectivity index (χ1v) is 7.15. The molecule has 1 heterocycles. The molecule has 0 aromatic heterocycles. The van der Waals surface area contributed by atoms with Gasteiger partial charge in [0, 0.05) is 30.0 Å². The summed E-state index contributed by atoms with van der Waals surface area (Å²) >= 11 is 1.98. The Labute approximate surface area is 103 Å². The molecule has 0 radical (unpaired) electrons. The summed E-state index contributed by atoms with van der Waals surface area (Å²) in [5, 5.41) is 0. The highest BCUT2D eigenvalue weighted by molar-refractivity contribution is 8.00. The lowest BCUT2D eigenvalue weighted by atomic mass is 10.1. The summed E-state index contributed by atoms with van der Waals surface area (Å²) in [6, 6.07) is 0. The third kappa shape index (κ3) is 4.74. The molecular formula is C12H24N2OS.